The lowest BCUT2D eigenvalue weighted by Crippen LogP contribution is -2.43. The summed E-state index contributed by atoms with van der Waals surface area (Å²) in [6, 6.07) is 2.76. The summed E-state index contributed by atoms with van der Waals surface area (Å²) < 4.78 is 51.1. The van der Waals surface area contributed by atoms with Gasteiger partial charge < -0.3 is 5.32 Å². The van der Waals surface area contributed by atoms with Crippen molar-refractivity contribution in [2.75, 3.05) is 17.1 Å². The van der Waals surface area contributed by atoms with Gasteiger partial charge in [-0.15, -0.1) is 0 Å². The van der Waals surface area contributed by atoms with Gasteiger partial charge in [-0.25, -0.2) is 17.2 Å². The van der Waals surface area contributed by atoms with E-state index in [9.17, 15) is 22.0 Å². The maximum atomic E-state index is 13.7. The molecule has 0 aliphatic carbocycles. The predicted octanol–water partition coefficient (Wildman–Crippen LogP) is 1.26. The average Bonchev–Trinajstić information content (AvgIpc) is 2.24. The number of nitrogens with zero attached hydrogens (tertiary/aromatic N) is 1. The topological polar surface area (TPSA) is 66.5 Å². The van der Waals surface area contributed by atoms with E-state index < -0.39 is 39.8 Å². The standard InChI is InChI=1S/C12H16F2N2O3S/c1-8(2)15-11(17)7-16(20(3,18)19)12-9(13)5-4-6-10(12)14/h4-6,8H,7H2,1-3H3,(H,15,17). The Labute approximate surface area is 116 Å². The number of para-hydroxylation sites is 1. The van der Waals surface area contributed by atoms with E-state index in [0.29, 0.717) is 4.31 Å². The molecule has 1 aromatic carbocycles. The Morgan fingerprint density at radius 1 is 1.30 bits per heavy atom. The Bertz CT molecular complexity index is 582. The third kappa shape index (κ3) is 4.16. The minimum Gasteiger partial charge on any atom is -0.352 e. The molecule has 0 saturated heterocycles. The number of sulfonamides is 1. The second kappa shape index (κ2) is 6.17. The molecule has 0 bridgehead atoms. The largest absolute Gasteiger partial charge is 0.352 e. The molecule has 0 atom stereocenters. The Morgan fingerprint density at radius 2 is 1.80 bits per heavy atom. The summed E-state index contributed by atoms with van der Waals surface area (Å²) in [6.07, 6.45) is 0.779. The fourth-order valence-corrected chi connectivity index (χ4v) is 2.45. The summed E-state index contributed by atoms with van der Waals surface area (Å²) in [6.45, 7) is 2.69. The van der Waals surface area contributed by atoms with Gasteiger partial charge in [-0.1, -0.05) is 6.07 Å². The zero-order chi connectivity index (χ0) is 15.5. The molecule has 0 aromatic heterocycles. The monoisotopic (exact) mass is 306 g/mol. The highest BCUT2D eigenvalue weighted by atomic mass is 32.2. The number of anilines is 1. The fourth-order valence-electron chi connectivity index (χ4n) is 1.59. The van der Waals surface area contributed by atoms with Crippen molar-refractivity contribution in [3.63, 3.8) is 0 Å². The van der Waals surface area contributed by atoms with Crippen LogP contribution in [0.25, 0.3) is 0 Å². The zero-order valence-electron chi connectivity index (χ0n) is 11.4. The van der Waals surface area contributed by atoms with Crippen LogP contribution < -0.4 is 9.62 Å². The van der Waals surface area contributed by atoms with E-state index in [1.807, 2.05) is 0 Å². The van der Waals surface area contributed by atoms with Crippen LogP contribution in [0, 0.1) is 11.6 Å². The number of amides is 1. The van der Waals surface area contributed by atoms with E-state index >= 15 is 0 Å². The molecule has 1 aromatic rings. The van der Waals surface area contributed by atoms with Crippen LogP contribution in [0.2, 0.25) is 0 Å². The SMILES string of the molecule is CC(C)NC(=O)CN(c1c(F)cccc1F)S(C)(=O)=O. The Balaban J connectivity index is 3.19. The van der Waals surface area contributed by atoms with Gasteiger partial charge in [-0.3, -0.25) is 9.10 Å². The molecule has 0 heterocycles. The maximum absolute atomic E-state index is 13.7. The molecular weight excluding hydrogens is 290 g/mol. The molecule has 112 valence electrons. The molecule has 1 N–H and O–H groups in total. The van der Waals surface area contributed by atoms with Gasteiger partial charge in [0, 0.05) is 6.04 Å². The Morgan fingerprint density at radius 3 is 2.20 bits per heavy atom. The van der Waals surface area contributed by atoms with Crippen LogP contribution in [0.1, 0.15) is 13.8 Å². The summed E-state index contributed by atoms with van der Waals surface area (Å²) in [4.78, 5) is 11.6. The first kappa shape index (κ1) is 16.4. The van der Waals surface area contributed by atoms with E-state index in [1.54, 1.807) is 13.8 Å². The van der Waals surface area contributed by atoms with Crippen molar-refractivity contribution in [3.05, 3.63) is 29.8 Å². The highest BCUT2D eigenvalue weighted by Gasteiger charge is 2.26. The molecule has 1 rings (SSSR count). The lowest BCUT2D eigenvalue weighted by Gasteiger charge is -2.23. The molecule has 0 unspecified atom stereocenters. The third-order valence-corrected chi connectivity index (χ3v) is 3.44. The van der Waals surface area contributed by atoms with Crippen LogP contribution >= 0.6 is 0 Å². The quantitative estimate of drug-likeness (QED) is 0.890. The Hall–Kier alpha value is -1.70. The van der Waals surface area contributed by atoms with Gasteiger partial charge in [-0.05, 0) is 26.0 Å². The highest BCUT2D eigenvalue weighted by Crippen LogP contribution is 2.25. The highest BCUT2D eigenvalue weighted by molar-refractivity contribution is 7.92. The van der Waals surface area contributed by atoms with E-state index in [4.69, 9.17) is 0 Å². The van der Waals surface area contributed by atoms with Crippen molar-refractivity contribution in [2.45, 2.75) is 19.9 Å². The first-order valence-corrected chi connectivity index (χ1v) is 7.69. The second-order valence-electron chi connectivity index (χ2n) is 4.56. The number of nitrogens with one attached hydrogen (secondary N) is 1. The van der Waals surface area contributed by atoms with Crippen LogP contribution in [-0.4, -0.2) is 33.2 Å². The molecule has 8 heteroatoms. The van der Waals surface area contributed by atoms with Crippen molar-refractivity contribution in [1.29, 1.82) is 0 Å². The minimum absolute atomic E-state index is 0.214. The number of rotatable bonds is 5. The van der Waals surface area contributed by atoms with E-state index in [-0.39, 0.29) is 6.04 Å². The van der Waals surface area contributed by atoms with E-state index in [0.717, 1.165) is 24.5 Å². The molecule has 0 saturated carbocycles. The summed E-state index contributed by atoms with van der Waals surface area (Å²) in [5.74, 6) is -2.74. The van der Waals surface area contributed by atoms with Crippen LogP contribution in [-0.2, 0) is 14.8 Å². The number of hydrogen-bond acceptors (Lipinski definition) is 3. The van der Waals surface area contributed by atoms with Crippen molar-refractivity contribution in [2.24, 2.45) is 0 Å². The normalized spacial score (nSPS) is 11.5. The number of halogens is 2. The zero-order valence-corrected chi connectivity index (χ0v) is 12.2. The number of carbonyl (C=O) groups excluding carboxylic acids is 1. The predicted molar refractivity (Wildman–Crippen MR) is 71.8 cm³/mol. The third-order valence-electron chi connectivity index (χ3n) is 2.32. The van der Waals surface area contributed by atoms with Gasteiger partial charge in [0.15, 0.2) is 11.6 Å². The average molecular weight is 306 g/mol. The lowest BCUT2D eigenvalue weighted by molar-refractivity contribution is -0.120. The van der Waals surface area contributed by atoms with E-state index in [1.165, 1.54) is 0 Å². The number of hydrogen-bond donors (Lipinski definition) is 1. The molecule has 0 aliphatic rings. The second-order valence-corrected chi connectivity index (χ2v) is 6.47. The van der Waals surface area contributed by atoms with Crippen molar-refractivity contribution < 1.29 is 22.0 Å². The summed E-state index contributed by atoms with van der Waals surface area (Å²) in [7, 11) is -4.00. The first-order chi connectivity index (χ1) is 9.12. The molecule has 0 fully saturated rings. The van der Waals surface area contributed by atoms with Gasteiger partial charge in [0.05, 0.1) is 6.26 Å². The van der Waals surface area contributed by atoms with Gasteiger partial charge in [0.1, 0.15) is 12.2 Å². The number of benzene rings is 1. The van der Waals surface area contributed by atoms with Gasteiger partial charge >= 0.3 is 0 Å². The van der Waals surface area contributed by atoms with Gasteiger partial charge in [0.25, 0.3) is 0 Å². The molecule has 5 nitrogen and oxygen atoms in total. The Kier molecular flexibility index (Phi) is 5.04. The van der Waals surface area contributed by atoms with Crippen LogP contribution in [0.3, 0.4) is 0 Å². The van der Waals surface area contributed by atoms with Crippen molar-refractivity contribution in [3.8, 4) is 0 Å². The number of carbonyl (C=O) groups is 1. The molecular formula is C12H16F2N2O3S. The van der Waals surface area contributed by atoms with Crippen molar-refractivity contribution in [1.82, 2.24) is 5.32 Å². The van der Waals surface area contributed by atoms with Gasteiger partial charge in [0.2, 0.25) is 15.9 Å². The van der Waals surface area contributed by atoms with Crippen LogP contribution in [0.5, 0.6) is 0 Å². The summed E-state index contributed by atoms with van der Waals surface area (Å²) >= 11 is 0. The molecule has 1 amide bonds. The van der Waals surface area contributed by atoms with Crippen LogP contribution in [0.4, 0.5) is 14.5 Å². The fraction of sp³-hybridized carbons (Fsp3) is 0.417. The molecule has 0 aliphatic heterocycles. The summed E-state index contributed by atoms with van der Waals surface area (Å²) in [5.41, 5.74) is -0.756. The molecule has 0 spiro atoms. The minimum atomic E-state index is -4.00. The van der Waals surface area contributed by atoms with Crippen LogP contribution in [0.15, 0.2) is 18.2 Å². The lowest BCUT2D eigenvalue weighted by atomic mass is 10.3. The molecule has 20 heavy (non-hydrogen) atoms. The smallest absolute Gasteiger partial charge is 0.240 e. The molecule has 0 radical (unpaired) electrons. The first-order valence-electron chi connectivity index (χ1n) is 5.84. The summed E-state index contributed by atoms with van der Waals surface area (Å²) in [5, 5.41) is 2.46. The maximum Gasteiger partial charge on any atom is 0.240 e. The van der Waals surface area contributed by atoms with Crippen molar-refractivity contribution >= 4 is 21.6 Å². The van der Waals surface area contributed by atoms with E-state index in [2.05, 4.69) is 5.32 Å². The van der Waals surface area contributed by atoms with Gasteiger partial charge in [-0.2, -0.15) is 0 Å².